The highest BCUT2D eigenvalue weighted by atomic mass is 19.1. The number of para-hydroxylation sites is 1. The minimum atomic E-state index is -0.883. The van der Waals surface area contributed by atoms with Crippen molar-refractivity contribution in [1.29, 1.82) is 0 Å². The second kappa shape index (κ2) is 14.6. The Bertz CT molecular complexity index is 1350. The van der Waals surface area contributed by atoms with Crippen LogP contribution in [0, 0.1) is 11.7 Å². The van der Waals surface area contributed by atoms with Gasteiger partial charge in [0.2, 0.25) is 6.79 Å². The van der Waals surface area contributed by atoms with E-state index >= 15 is 0 Å². The van der Waals surface area contributed by atoms with Crippen molar-refractivity contribution in [2.45, 2.75) is 39.4 Å². The Morgan fingerprint density at radius 2 is 1.66 bits per heavy atom. The fraction of sp³-hybridized carbons (Fsp3) is 0.333. The molecule has 3 atom stereocenters. The number of esters is 2. The van der Waals surface area contributed by atoms with E-state index in [-0.39, 0.29) is 29.4 Å². The zero-order valence-electron chi connectivity index (χ0n) is 23.4. The van der Waals surface area contributed by atoms with Gasteiger partial charge in [-0.25, -0.2) is 9.37 Å². The molecule has 1 heterocycles. The predicted molar refractivity (Wildman–Crippen MR) is 144 cm³/mol. The molecule has 0 aliphatic heterocycles. The molecule has 0 saturated heterocycles. The SMILES string of the molecule is COc1cc(F)ccc1[C@@H](Oc1ccccc1)[C@H](C)OC(=O)[C@H](C)CC(=O)c1nccc(OC)c1OCOC(C)=O. The Balaban J connectivity index is 1.77. The lowest BCUT2D eigenvalue weighted by Gasteiger charge is -2.27. The van der Waals surface area contributed by atoms with E-state index in [9.17, 15) is 18.8 Å². The average molecular weight is 570 g/mol. The number of aromatic nitrogens is 1. The number of ether oxygens (including phenoxy) is 6. The van der Waals surface area contributed by atoms with Gasteiger partial charge in [0.05, 0.1) is 20.1 Å². The predicted octanol–water partition coefficient (Wildman–Crippen LogP) is 5.10. The molecular formula is C30H32FNO9. The van der Waals surface area contributed by atoms with Crippen molar-refractivity contribution in [3.8, 4) is 23.0 Å². The van der Waals surface area contributed by atoms with Crippen LogP contribution in [0.2, 0.25) is 0 Å². The van der Waals surface area contributed by atoms with Crippen molar-refractivity contribution in [2.75, 3.05) is 21.0 Å². The van der Waals surface area contributed by atoms with Gasteiger partial charge in [0.15, 0.2) is 29.1 Å². The Morgan fingerprint density at radius 3 is 2.32 bits per heavy atom. The van der Waals surface area contributed by atoms with Gasteiger partial charge in [-0.15, -0.1) is 0 Å². The highest BCUT2D eigenvalue weighted by Gasteiger charge is 2.31. The molecule has 41 heavy (non-hydrogen) atoms. The highest BCUT2D eigenvalue weighted by Crippen LogP contribution is 2.34. The van der Waals surface area contributed by atoms with Crippen LogP contribution in [0.25, 0.3) is 0 Å². The average Bonchev–Trinajstić information content (AvgIpc) is 2.96. The van der Waals surface area contributed by atoms with E-state index in [1.807, 2.05) is 6.07 Å². The maximum atomic E-state index is 13.9. The lowest BCUT2D eigenvalue weighted by Crippen LogP contribution is -2.30. The topological polar surface area (TPSA) is 119 Å². The lowest BCUT2D eigenvalue weighted by atomic mass is 10.0. The Morgan fingerprint density at radius 1 is 0.951 bits per heavy atom. The van der Waals surface area contributed by atoms with Crippen LogP contribution in [-0.4, -0.2) is 49.8 Å². The number of halogens is 1. The number of hydrogen-bond donors (Lipinski definition) is 0. The van der Waals surface area contributed by atoms with Gasteiger partial charge in [-0.2, -0.15) is 0 Å². The van der Waals surface area contributed by atoms with E-state index in [4.69, 9.17) is 28.4 Å². The number of nitrogens with zero attached hydrogens (tertiary/aromatic N) is 1. The summed E-state index contributed by atoms with van der Waals surface area (Å²) >= 11 is 0. The monoisotopic (exact) mass is 569 g/mol. The third-order valence-electron chi connectivity index (χ3n) is 5.95. The highest BCUT2D eigenvalue weighted by molar-refractivity contribution is 5.99. The third kappa shape index (κ3) is 8.41. The molecule has 0 bridgehead atoms. The number of hydrogen-bond acceptors (Lipinski definition) is 10. The van der Waals surface area contributed by atoms with E-state index in [1.54, 1.807) is 31.2 Å². The molecule has 0 spiro atoms. The van der Waals surface area contributed by atoms with Crippen molar-refractivity contribution >= 4 is 17.7 Å². The molecule has 0 amide bonds. The second-order valence-electron chi connectivity index (χ2n) is 9.00. The summed E-state index contributed by atoms with van der Waals surface area (Å²) < 4.78 is 46.6. The summed E-state index contributed by atoms with van der Waals surface area (Å²) in [6, 6.07) is 14.3. The summed E-state index contributed by atoms with van der Waals surface area (Å²) in [5, 5.41) is 0. The van der Waals surface area contributed by atoms with Gasteiger partial charge in [-0.3, -0.25) is 14.4 Å². The van der Waals surface area contributed by atoms with E-state index in [0.29, 0.717) is 11.3 Å². The molecule has 0 aliphatic carbocycles. The zero-order chi connectivity index (χ0) is 29.9. The van der Waals surface area contributed by atoms with Crippen molar-refractivity contribution < 1.29 is 47.2 Å². The number of pyridine rings is 1. The molecule has 0 fully saturated rings. The molecule has 0 aliphatic rings. The molecule has 2 aromatic carbocycles. The van der Waals surface area contributed by atoms with Crippen LogP contribution in [-0.2, 0) is 19.1 Å². The van der Waals surface area contributed by atoms with Crippen molar-refractivity contribution in [3.05, 3.63) is 77.9 Å². The first-order valence-corrected chi connectivity index (χ1v) is 12.7. The fourth-order valence-corrected chi connectivity index (χ4v) is 3.90. The number of ketones is 1. The van der Waals surface area contributed by atoms with E-state index in [2.05, 4.69) is 4.98 Å². The summed E-state index contributed by atoms with van der Waals surface area (Å²) in [5.74, 6) is -2.23. The van der Waals surface area contributed by atoms with Crippen LogP contribution in [0.1, 0.15) is 49.3 Å². The van der Waals surface area contributed by atoms with Crippen LogP contribution in [0.4, 0.5) is 4.39 Å². The largest absolute Gasteiger partial charge is 0.496 e. The van der Waals surface area contributed by atoms with Crippen molar-refractivity contribution in [3.63, 3.8) is 0 Å². The Kier molecular flexibility index (Phi) is 11.0. The number of benzene rings is 2. The first-order chi connectivity index (χ1) is 19.6. The molecule has 10 nitrogen and oxygen atoms in total. The van der Waals surface area contributed by atoms with Crippen molar-refractivity contribution in [2.24, 2.45) is 5.92 Å². The van der Waals surface area contributed by atoms with Crippen LogP contribution in [0.15, 0.2) is 60.8 Å². The molecule has 1 aromatic heterocycles. The fourth-order valence-electron chi connectivity index (χ4n) is 3.90. The van der Waals surface area contributed by atoms with Crippen LogP contribution in [0.5, 0.6) is 23.0 Å². The van der Waals surface area contributed by atoms with Crippen LogP contribution >= 0.6 is 0 Å². The smallest absolute Gasteiger partial charge is 0.309 e. The molecular weight excluding hydrogens is 537 g/mol. The van der Waals surface area contributed by atoms with Gasteiger partial charge in [0.1, 0.15) is 23.4 Å². The number of carbonyl (C=O) groups excluding carboxylic acids is 3. The van der Waals surface area contributed by atoms with E-state index < -0.39 is 48.5 Å². The first kappa shape index (κ1) is 30.9. The van der Waals surface area contributed by atoms with Crippen LogP contribution in [0.3, 0.4) is 0 Å². The molecule has 0 N–H and O–H groups in total. The molecule has 0 radical (unpaired) electrons. The first-order valence-electron chi connectivity index (χ1n) is 12.7. The zero-order valence-corrected chi connectivity index (χ0v) is 23.4. The number of Topliss-reactive ketones (excluding diaryl/α,β-unsaturated/α-hetero) is 1. The standard InChI is InChI=1S/C30H32FNO9/c1-18(15-24(34)27-29(39-17-38-20(3)33)25(36-4)13-14-32-27)30(35)40-19(2)28(41-22-9-7-6-8-10-22)23-12-11-21(31)16-26(23)37-5/h6-14,16,18-19,28H,15,17H2,1-5H3/t18-,19+,28+/m1/s1. The Labute approximate surface area is 237 Å². The van der Waals surface area contributed by atoms with E-state index in [0.717, 1.165) is 0 Å². The Hall–Kier alpha value is -4.67. The molecule has 0 unspecified atom stereocenters. The molecule has 218 valence electrons. The third-order valence-corrected chi connectivity index (χ3v) is 5.95. The number of carbonyl (C=O) groups is 3. The normalized spacial score (nSPS) is 12.8. The maximum absolute atomic E-state index is 13.9. The van der Waals surface area contributed by atoms with Crippen molar-refractivity contribution in [1.82, 2.24) is 4.98 Å². The summed E-state index contributed by atoms with van der Waals surface area (Å²) in [5.41, 5.74) is 0.377. The summed E-state index contributed by atoms with van der Waals surface area (Å²) in [6.45, 7) is 3.93. The quantitative estimate of drug-likeness (QED) is 0.147. The second-order valence-corrected chi connectivity index (χ2v) is 9.00. The maximum Gasteiger partial charge on any atom is 0.309 e. The van der Waals surface area contributed by atoms with Gasteiger partial charge < -0.3 is 28.4 Å². The van der Waals surface area contributed by atoms with Gasteiger partial charge in [-0.05, 0) is 31.2 Å². The summed E-state index contributed by atoms with van der Waals surface area (Å²) in [7, 11) is 2.78. The molecule has 0 saturated carbocycles. The van der Waals surface area contributed by atoms with Gasteiger partial charge in [0, 0.05) is 37.2 Å². The molecule has 11 heteroatoms. The molecule has 3 rings (SSSR count). The minimum Gasteiger partial charge on any atom is -0.496 e. The van der Waals surface area contributed by atoms with Gasteiger partial charge in [-0.1, -0.05) is 25.1 Å². The summed E-state index contributed by atoms with van der Waals surface area (Å²) in [6.07, 6.45) is -0.629. The minimum absolute atomic E-state index is 0.0186. The van der Waals surface area contributed by atoms with E-state index in [1.165, 1.54) is 58.5 Å². The number of rotatable bonds is 14. The van der Waals surface area contributed by atoms with Crippen LogP contribution < -0.4 is 18.9 Å². The van der Waals surface area contributed by atoms with Gasteiger partial charge >= 0.3 is 11.9 Å². The summed E-state index contributed by atoms with van der Waals surface area (Å²) in [4.78, 5) is 41.5. The molecule has 3 aromatic rings. The van der Waals surface area contributed by atoms with Gasteiger partial charge in [0.25, 0.3) is 0 Å². The number of methoxy groups -OCH3 is 2. The lowest BCUT2D eigenvalue weighted by molar-refractivity contribution is -0.157.